The highest BCUT2D eigenvalue weighted by atomic mass is 16.1. The highest BCUT2D eigenvalue weighted by Crippen LogP contribution is 2.22. The molecule has 0 atom stereocenters. The van der Waals surface area contributed by atoms with Gasteiger partial charge in [0.1, 0.15) is 5.54 Å². The van der Waals surface area contributed by atoms with E-state index in [1.165, 1.54) is 4.68 Å². The van der Waals surface area contributed by atoms with Crippen LogP contribution in [0.5, 0.6) is 0 Å². The maximum Gasteiger partial charge on any atom is 0.244 e. The molecule has 10 heteroatoms. The third-order valence-electron chi connectivity index (χ3n) is 5.28. The zero-order valence-electron chi connectivity index (χ0n) is 17.0. The highest BCUT2D eigenvalue weighted by molar-refractivity contribution is 5.82. The van der Waals surface area contributed by atoms with Gasteiger partial charge >= 0.3 is 0 Å². The maximum atomic E-state index is 11.7. The van der Waals surface area contributed by atoms with Crippen molar-refractivity contribution in [2.24, 2.45) is 5.73 Å². The number of hydrogen-bond acceptors (Lipinski definition) is 7. The van der Waals surface area contributed by atoms with Crippen LogP contribution < -0.4 is 5.73 Å². The standard InChI is InChI=1S/C21H19N9O/c1-21(2,20(22)31)30-12-15(9-25-30)17-10-24-18-19(26-17)29(28-27-18)11-13-5-6-16-14(8-13)4-3-7-23-16/h3-10,12H,11H2,1-2H3,(H2,22,31). The summed E-state index contributed by atoms with van der Waals surface area (Å²) in [6.45, 7) is 3.91. The van der Waals surface area contributed by atoms with Gasteiger partial charge in [-0.05, 0) is 37.6 Å². The monoisotopic (exact) mass is 413 g/mol. The minimum atomic E-state index is -0.954. The number of amides is 1. The van der Waals surface area contributed by atoms with Crippen molar-refractivity contribution in [2.45, 2.75) is 25.9 Å². The fourth-order valence-electron chi connectivity index (χ4n) is 3.27. The second-order valence-corrected chi connectivity index (χ2v) is 7.78. The molecule has 0 radical (unpaired) electrons. The molecular weight excluding hydrogens is 394 g/mol. The lowest BCUT2D eigenvalue weighted by Crippen LogP contribution is -2.41. The van der Waals surface area contributed by atoms with Crippen molar-refractivity contribution in [1.29, 1.82) is 0 Å². The van der Waals surface area contributed by atoms with Crippen molar-refractivity contribution >= 4 is 28.1 Å². The second kappa shape index (κ2) is 6.94. The van der Waals surface area contributed by atoms with Crippen LogP contribution in [0.4, 0.5) is 0 Å². The van der Waals surface area contributed by atoms with Gasteiger partial charge < -0.3 is 5.73 Å². The summed E-state index contributed by atoms with van der Waals surface area (Å²) in [6, 6.07) is 10.00. The Morgan fingerprint density at radius 2 is 2.03 bits per heavy atom. The third-order valence-corrected chi connectivity index (χ3v) is 5.28. The fourth-order valence-corrected chi connectivity index (χ4v) is 3.27. The van der Waals surface area contributed by atoms with Crippen LogP contribution in [-0.4, -0.2) is 45.6 Å². The van der Waals surface area contributed by atoms with E-state index in [0.717, 1.165) is 16.5 Å². The van der Waals surface area contributed by atoms with Gasteiger partial charge in [0.2, 0.25) is 11.6 Å². The summed E-state index contributed by atoms with van der Waals surface area (Å²) in [5.74, 6) is -0.475. The van der Waals surface area contributed by atoms with Gasteiger partial charge in [-0.15, -0.1) is 5.10 Å². The third kappa shape index (κ3) is 3.27. The Kier molecular flexibility index (Phi) is 4.21. The largest absolute Gasteiger partial charge is 0.368 e. The van der Waals surface area contributed by atoms with Crippen LogP contribution >= 0.6 is 0 Å². The first kappa shape index (κ1) is 18.8. The van der Waals surface area contributed by atoms with Crippen LogP contribution in [0.1, 0.15) is 19.4 Å². The summed E-state index contributed by atoms with van der Waals surface area (Å²) in [4.78, 5) is 25.1. The molecule has 0 saturated heterocycles. The Balaban J connectivity index is 1.50. The summed E-state index contributed by atoms with van der Waals surface area (Å²) in [5, 5.41) is 13.7. The molecule has 5 rings (SSSR count). The normalized spacial score (nSPS) is 11.9. The number of fused-ring (bicyclic) bond motifs is 2. The Hall–Kier alpha value is -4.21. The average molecular weight is 413 g/mol. The average Bonchev–Trinajstić information content (AvgIpc) is 3.41. The van der Waals surface area contributed by atoms with Crippen molar-refractivity contribution in [1.82, 2.24) is 39.7 Å². The van der Waals surface area contributed by atoms with E-state index in [-0.39, 0.29) is 0 Å². The first-order valence-corrected chi connectivity index (χ1v) is 9.67. The van der Waals surface area contributed by atoms with Crippen molar-refractivity contribution in [3.63, 3.8) is 0 Å². The topological polar surface area (TPSA) is 130 Å². The summed E-state index contributed by atoms with van der Waals surface area (Å²) in [7, 11) is 0. The van der Waals surface area contributed by atoms with Crippen LogP contribution in [0, 0.1) is 0 Å². The molecule has 4 aromatic heterocycles. The number of rotatable bonds is 5. The SMILES string of the molecule is CC(C)(C(N)=O)n1cc(-c2cnc3nnn(Cc4ccc5ncccc5c4)c3n2)cn1. The lowest BCUT2D eigenvalue weighted by molar-refractivity contribution is -0.125. The van der Waals surface area contributed by atoms with E-state index in [1.807, 2.05) is 24.3 Å². The molecular formula is C21H19N9O. The van der Waals surface area contributed by atoms with Gasteiger partial charge in [-0.2, -0.15) is 5.10 Å². The molecule has 0 aliphatic carbocycles. The number of nitrogens with zero attached hydrogens (tertiary/aromatic N) is 8. The Morgan fingerprint density at radius 3 is 2.87 bits per heavy atom. The Labute approximate surface area is 176 Å². The summed E-state index contributed by atoms with van der Waals surface area (Å²) >= 11 is 0. The van der Waals surface area contributed by atoms with Gasteiger partial charge in [0, 0.05) is 23.3 Å². The van der Waals surface area contributed by atoms with Gasteiger partial charge in [0.15, 0.2) is 5.65 Å². The molecule has 10 nitrogen and oxygen atoms in total. The molecule has 0 aliphatic heterocycles. The van der Waals surface area contributed by atoms with Crippen molar-refractivity contribution in [3.8, 4) is 11.3 Å². The number of carbonyl (C=O) groups excluding carboxylic acids is 1. The molecule has 0 bridgehead atoms. The first-order valence-electron chi connectivity index (χ1n) is 9.67. The van der Waals surface area contributed by atoms with E-state index in [4.69, 9.17) is 10.7 Å². The molecule has 1 aromatic carbocycles. The zero-order chi connectivity index (χ0) is 21.6. The Morgan fingerprint density at radius 1 is 1.16 bits per heavy atom. The number of carbonyl (C=O) groups is 1. The molecule has 0 spiro atoms. The molecule has 154 valence electrons. The second-order valence-electron chi connectivity index (χ2n) is 7.78. The zero-order valence-corrected chi connectivity index (χ0v) is 17.0. The van der Waals surface area contributed by atoms with Crippen molar-refractivity contribution in [2.75, 3.05) is 0 Å². The number of primary amides is 1. The molecule has 0 fully saturated rings. The van der Waals surface area contributed by atoms with E-state index < -0.39 is 11.4 Å². The van der Waals surface area contributed by atoms with Crippen LogP contribution in [0.15, 0.2) is 55.1 Å². The van der Waals surface area contributed by atoms with Crippen LogP contribution in [-0.2, 0) is 16.9 Å². The van der Waals surface area contributed by atoms with E-state index in [1.54, 1.807) is 43.3 Å². The molecule has 0 saturated carbocycles. The molecule has 2 N–H and O–H groups in total. The number of benzene rings is 1. The Bertz CT molecular complexity index is 1430. The van der Waals surface area contributed by atoms with Crippen molar-refractivity contribution in [3.05, 3.63) is 60.7 Å². The van der Waals surface area contributed by atoms with Crippen LogP contribution in [0.2, 0.25) is 0 Å². The molecule has 31 heavy (non-hydrogen) atoms. The first-order chi connectivity index (χ1) is 14.9. The van der Waals surface area contributed by atoms with E-state index in [9.17, 15) is 4.79 Å². The van der Waals surface area contributed by atoms with Crippen LogP contribution in [0.25, 0.3) is 33.5 Å². The molecule has 0 aliphatic rings. The molecule has 4 heterocycles. The molecule has 1 amide bonds. The van der Waals surface area contributed by atoms with Gasteiger partial charge in [-0.25, -0.2) is 14.6 Å². The van der Waals surface area contributed by atoms with E-state index in [2.05, 4.69) is 31.4 Å². The predicted molar refractivity (Wildman–Crippen MR) is 114 cm³/mol. The quantitative estimate of drug-likeness (QED) is 0.466. The highest BCUT2D eigenvalue weighted by Gasteiger charge is 2.28. The van der Waals surface area contributed by atoms with E-state index >= 15 is 0 Å². The van der Waals surface area contributed by atoms with Gasteiger partial charge in [-0.3, -0.25) is 14.5 Å². The minimum absolute atomic E-state index is 0.455. The molecule has 5 aromatic rings. The molecule has 0 unspecified atom stereocenters. The van der Waals surface area contributed by atoms with Gasteiger partial charge in [0.25, 0.3) is 0 Å². The number of aromatic nitrogens is 8. The van der Waals surface area contributed by atoms with Gasteiger partial charge in [0.05, 0.1) is 30.1 Å². The number of nitrogens with two attached hydrogens (primary N) is 1. The number of hydrogen-bond donors (Lipinski definition) is 1. The lowest BCUT2D eigenvalue weighted by atomic mass is 10.1. The summed E-state index contributed by atoms with van der Waals surface area (Å²) in [6.07, 6.45) is 6.74. The summed E-state index contributed by atoms with van der Waals surface area (Å²) in [5.41, 5.74) is 8.86. The van der Waals surface area contributed by atoms with E-state index in [0.29, 0.717) is 29.1 Å². The lowest BCUT2D eigenvalue weighted by Gasteiger charge is -2.20. The fraction of sp³-hybridized carbons (Fsp3) is 0.190. The smallest absolute Gasteiger partial charge is 0.244 e. The predicted octanol–water partition coefficient (Wildman–Crippen LogP) is 1.90. The van der Waals surface area contributed by atoms with Crippen molar-refractivity contribution < 1.29 is 4.79 Å². The minimum Gasteiger partial charge on any atom is -0.368 e. The number of pyridine rings is 1. The maximum absolute atomic E-state index is 11.7. The van der Waals surface area contributed by atoms with Gasteiger partial charge in [-0.1, -0.05) is 17.3 Å². The summed E-state index contributed by atoms with van der Waals surface area (Å²) < 4.78 is 3.23. The van der Waals surface area contributed by atoms with Crippen LogP contribution in [0.3, 0.4) is 0 Å².